The van der Waals surface area contributed by atoms with E-state index in [0.717, 1.165) is 29.6 Å². The number of halogens is 4. The fourth-order valence-corrected chi connectivity index (χ4v) is 4.71. The number of fused-ring (bicyclic) bond motifs is 1. The number of alkyl halides is 3. The van der Waals surface area contributed by atoms with E-state index < -0.39 is 23.5 Å². The molecule has 13 heteroatoms. The van der Waals surface area contributed by atoms with Crippen molar-refractivity contribution in [3.63, 3.8) is 0 Å². The number of hydrogen-bond acceptors (Lipinski definition) is 5. The first-order chi connectivity index (χ1) is 21.4. The van der Waals surface area contributed by atoms with E-state index in [1.165, 1.54) is 23.0 Å². The Kier molecular flexibility index (Phi) is 7.33. The van der Waals surface area contributed by atoms with Gasteiger partial charge < -0.3 is 15.2 Å². The lowest BCUT2D eigenvalue weighted by Crippen LogP contribution is -2.16. The van der Waals surface area contributed by atoms with Gasteiger partial charge in [0.05, 0.1) is 46.9 Å². The van der Waals surface area contributed by atoms with Crippen LogP contribution in [-0.2, 0) is 13.2 Å². The summed E-state index contributed by atoms with van der Waals surface area (Å²) in [5, 5.41) is 9.83. The number of rotatable bonds is 5. The minimum atomic E-state index is -4.68. The summed E-state index contributed by atoms with van der Waals surface area (Å²) in [5.41, 5.74) is 2.72. The first-order valence-corrected chi connectivity index (χ1v) is 13.5. The standard InChI is InChI=1S/C32H24F4N8O/c1-19-9-28(33)27(31(45)41-23-11-22(32(34,35)36)12-26(13-23)43-16-20(2)38-18-43)10-21(19)6-7-25-15-37-30-29(5-4-8-44(25)30)40-24-14-39-42(3)17-24/h4-5,8-18,40H,1-3H3,(H,41,45). The number of hydrogen-bond donors (Lipinski definition) is 2. The molecule has 1 amide bonds. The highest BCUT2D eigenvalue weighted by molar-refractivity contribution is 6.05. The van der Waals surface area contributed by atoms with Crippen LogP contribution >= 0.6 is 0 Å². The molecule has 6 aromatic rings. The number of aromatic nitrogens is 6. The number of amides is 1. The van der Waals surface area contributed by atoms with Gasteiger partial charge in [-0.05, 0) is 67.8 Å². The van der Waals surface area contributed by atoms with Crippen molar-refractivity contribution >= 4 is 28.6 Å². The van der Waals surface area contributed by atoms with Crippen LogP contribution in [0.25, 0.3) is 11.3 Å². The molecule has 6 rings (SSSR count). The van der Waals surface area contributed by atoms with Gasteiger partial charge in [-0.15, -0.1) is 0 Å². The first-order valence-electron chi connectivity index (χ1n) is 13.5. The minimum Gasteiger partial charge on any atom is -0.350 e. The lowest BCUT2D eigenvalue weighted by molar-refractivity contribution is -0.137. The Morgan fingerprint density at radius 2 is 1.80 bits per heavy atom. The second-order valence-electron chi connectivity index (χ2n) is 10.3. The number of imidazole rings is 2. The predicted molar refractivity (Wildman–Crippen MR) is 160 cm³/mol. The number of benzene rings is 2. The SMILES string of the molecule is Cc1cn(-c2cc(NC(=O)c3cc(C#Cc4cnc5c(Nc6cnn(C)c6)cccn45)c(C)cc3F)cc(C(F)(F)F)c2)cn1. The minimum absolute atomic E-state index is 0.128. The van der Waals surface area contributed by atoms with Crippen molar-refractivity contribution in [3.8, 4) is 17.5 Å². The van der Waals surface area contributed by atoms with Gasteiger partial charge in [0.25, 0.3) is 5.91 Å². The Hall–Kier alpha value is -5.90. The van der Waals surface area contributed by atoms with E-state index in [1.54, 1.807) is 47.7 Å². The Morgan fingerprint density at radius 1 is 0.978 bits per heavy atom. The molecule has 226 valence electrons. The maximum Gasteiger partial charge on any atom is 0.416 e. The van der Waals surface area contributed by atoms with Crippen molar-refractivity contribution in [2.45, 2.75) is 20.0 Å². The molecule has 0 spiro atoms. The van der Waals surface area contributed by atoms with Gasteiger partial charge in [0.2, 0.25) is 0 Å². The molecule has 0 unspecified atom stereocenters. The maximum atomic E-state index is 15.0. The van der Waals surface area contributed by atoms with Crippen LogP contribution < -0.4 is 10.6 Å². The molecule has 2 N–H and O–H groups in total. The molecule has 4 heterocycles. The zero-order chi connectivity index (χ0) is 31.9. The number of aryl methyl sites for hydroxylation is 3. The Bertz CT molecular complexity index is 2150. The summed E-state index contributed by atoms with van der Waals surface area (Å²) in [6.45, 7) is 3.34. The average Bonchev–Trinajstić information content (AvgIpc) is 3.72. The lowest BCUT2D eigenvalue weighted by Gasteiger charge is -2.14. The van der Waals surface area contributed by atoms with Gasteiger partial charge in [0.15, 0.2) is 5.65 Å². The lowest BCUT2D eigenvalue weighted by atomic mass is 10.0. The summed E-state index contributed by atoms with van der Waals surface area (Å²) in [6.07, 6.45) is 5.13. The summed E-state index contributed by atoms with van der Waals surface area (Å²) < 4.78 is 60.9. The predicted octanol–water partition coefficient (Wildman–Crippen LogP) is 6.42. The van der Waals surface area contributed by atoms with Gasteiger partial charge in [-0.25, -0.2) is 14.4 Å². The number of pyridine rings is 1. The van der Waals surface area contributed by atoms with Crippen LogP contribution in [0.5, 0.6) is 0 Å². The zero-order valence-corrected chi connectivity index (χ0v) is 24.1. The van der Waals surface area contributed by atoms with Crippen molar-refractivity contribution in [1.82, 2.24) is 28.7 Å². The van der Waals surface area contributed by atoms with Crippen molar-refractivity contribution in [2.24, 2.45) is 7.05 Å². The summed E-state index contributed by atoms with van der Waals surface area (Å²) in [4.78, 5) is 21.7. The monoisotopic (exact) mass is 612 g/mol. The number of carbonyl (C=O) groups is 1. The number of nitrogens with zero attached hydrogens (tertiary/aromatic N) is 6. The quantitative estimate of drug-likeness (QED) is 0.173. The number of nitrogens with one attached hydrogen (secondary N) is 2. The third-order valence-electron chi connectivity index (χ3n) is 6.92. The molecule has 45 heavy (non-hydrogen) atoms. The third-order valence-corrected chi connectivity index (χ3v) is 6.92. The van der Waals surface area contributed by atoms with Gasteiger partial charge in [-0.1, -0.05) is 5.92 Å². The second-order valence-corrected chi connectivity index (χ2v) is 10.3. The van der Waals surface area contributed by atoms with E-state index in [-0.39, 0.29) is 16.9 Å². The van der Waals surface area contributed by atoms with Gasteiger partial charge in [0, 0.05) is 42.6 Å². The molecule has 9 nitrogen and oxygen atoms in total. The molecule has 0 bridgehead atoms. The molecule has 0 aliphatic carbocycles. The number of anilines is 3. The van der Waals surface area contributed by atoms with Crippen molar-refractivity contribution in [3.05, 3.63) is 119 Å². The Balaban J connectivity index is 1.30. The van der Waals surface area contributed by atoms with Crippen LogP contribution in [-0.4, -0.2) is 34.6 Å². The van der Waals surface area contributed by atoms with Gasteiger partial charge >= 0.3 is 6.18 Å². The van der Waals surface area contributed by atoms with E-state index in [9.17, 15) is 18.0 Å². The highest BCUT2D eigenvalue weighted by atomic mass is 19.4. The number of carbonyl (C=O) groups excluding carboxylic acids is 1. The summed E-state index contributed by atoms with van der Waals surface area (Å²) in [7, 11) is 1.81. The van der Waals surface area contributed by atoms with Crippen LogP contribution in [0.1, 0.15) is 38.4 Å². The largest absolute Gasteiger partial charge is 0.416 e. The van der Waals surface area contributed by atoms with Crippen LogP contribution in [0.15, 0.2) is 79.8 Å². The van der Waals surface area contributed by atoms with E-state index >= 15 is 4.39 Å². The highest BCUT2D eigenvalue weighted by Gasteiger charge is 2.31. The van der Waals surface area contributed by atoms with Crippen molar-refractivity contribution < 1.29 is 22.4 Å². The van der Waals surface area contributed by atoms with Crippen molar-refractivity contribution in [2.75, 3.05) is 10.6 Å². The van der Waals surface area contributed by atoms with Gasteiger partial charge in [-0.2, -0.15) is 18.3 Å². The fraction of sp³-hybridized carbons (Fsp3) is 0.125. The first kappa shape index (κ1) is 29.2. The fourth-order valence-electron chi connectivity index (χ4n) is 4.71. The Morgan fingerprint density at radius 3 is 2.51 bits per heavy atom. The molecule has 0 saturated heterocycles. The molecule has 0 radical (unpaired) electrons. The average molecular weight is 613 g/mol. The van der Waals surface area contributed by atoms with E-state index in [1.807, 2.05) is 25.4 Å². The zero-order valence-electron chi connectivity index (χ0n) is 24.1. The Labute approximate surface area is 254 Å². The van der Waals surface area contributed by atoms with E-state index in [4.69, 9.17) is 0 Å². The van der Waals surface area contributed by atoms with Crippen LogP contribution in [0, 0.1) is 31.5 Å². The third kappa shape index (κ3) is 6.12. The van der Waals surface area contributed by atoms with Crippen LogP contribution in [0.2, 0.25) is 0 Å². The smallest absolute Gasteiger partial charge is 0.350 e. The molecule has 0 fully saturated rings. The van der Waals surface area contributed by atoms with E-state index in [2.05, 4.69) is 37.5 Å². The normalized spacial score (nSPS) is 11.4. The maximum absolute atomic E-state index is 15.0. The van der Waals surface area contributed by atoms with Gasteiger partial charge in [0.1, 0.15) is 11.5 Å². The van der Waals surface area contributed by atoms with Crippen LogP contribution in [0.3, 0.4) is 0 Å². The molecule has 4 aromatic heterocycles. The molecule has 0 saturated carbocycles. The highest BCUT2D eigenvalue weighted by Crippen LogP contribution is 2.33. The second kappa shape index (κ2) is 11.3. The van der Waals surface area contributed by atoms with Crippen LogP contribution in [0.4, 0.5) is 34.6 Å². The van der Waals surface area contributed by atoms with Gasteiger partial charge in [-0.3, -0.25) is 13.9 Å². The summed E-state index contributed by atoms with van der Waals surface area (Å²) in [6, 6.07) is 9.22. The molecule has 0 aliphatic heterocycles. The van der Waals surface area contributed by atoms with Crippen molar-refractivity contribution in [1.29, 1.82) is 0 Å². The summed E-state index contributed by atoms with van der Waals surface area (Å²) >= 11 is 0. The molecule has 2 aromatic carbocycles. The topological polar surface area (TPSA) is 94.1 Å². The summed E-state index contributed by atoms with van der Waals surface area (Å²) in [5.74, 6) is 4.24. The molecule has 0 aliphatic rings. The molecular formula is C32H24F4N8O. The molecule has 0 atom stereocenters. The molecular weight excluding hydrogens is 588 g/mol. The van der Waals surface area contributed by atoms with E-state index in [0.29, 0.717) is 28.2 Å².